The summed E-state index contributed by atoms with van der Waals surface area (Å²) in [5.41, 5.74) is -0.440. The van der Waals surface area contributed by atoms with Crippen LogP contribution in [-0.2, 0) is 9.53 Å². The van der Waals surface area contributed by atoms with Crippen LogP contribution in [0.4, 0.5) is 0 Å². The van der Waals surface area contributed by atoms with Gasteiger partial charge in [0.1, 0.15) is 5.54 Å². The zero-order chi connectivity index (χ0) is 11.6. The van der Waals surface area contributed by atoms with Gasteiger partial charge >= 0.3 is 5.97 Å². The molecule has 16 heavy (non-hydrogen) atoms. The van der Waals surface area contributed by atoms with Crippen LogP contribution in [0.15, 0.2) is 0 Å². The number of hydrogen-bond acceptors (Lipinski definition) is 4. The molecule has 2 heterocycles. The molecule has 2 fully saturated rings. The van der Waals surface area contributed by atoms with Crippen molar-refractivity contribution in [2.45, 2.75) is 31.7 Å². The van der Waals surface area contributed by atoms with E-state index in [1.807, 2.05) is 6.92 Å². The molecule has 2 saturated heterocycles. The Morgan fingerprint density at radius 3 is 2.69 bits per heavy atom. The lowest BCUT2D eigenvalue weighted by molar-refractivity contribution is -0.147. The summed E-state index contributed by atoms with van der Waals surface area (Å²) in [6.45, 7) is 2.94. The van der Waals surface area contributed by atoms with E-state index in [2.05, 4.69) is 17.1 Å². The fourth-order valence-corrected chi connectivity index (χ4v) is 4.07. The minimum absolute atomic E-state index is 0.111. The molecule has 0 spiro atoms. The van der Waals surface area contributed by atoms with Crippen molar-refractivity contribution in [2.24, 2.45) is 11.8 Å². The fourth-order valence-electron chi connectivity index (χ4n) is 2.93. The van der Waals surface area contributed by atoms with E-state index in [1.165, 1.54) is 31.5 Å². The molecule has 0 saturated carbocycles. The van der Waals surface area contributed by atoms with Crippen LogP contribution in [0.25, 0.3) is 0 Å². The summed E-state index contributed by atoms with van der Waals surface area (Å²) >= 11 is 2.06. The molecule has 0 amide bonds. The molecule has 1 N–H and O–H groups in total. The molecule has 2 aliphatic rings. The van der Waals surface area contributed by atoms with E-state index in [-0.39, 0.29) is 5.97 Å². The first kappa shape index (κ1) is 12.2. The van der Waals surface area contributed by atoms with Crippen molar-refractivity contribution in [3.05, 3.63) is 0 Å². The predicted octanol–water partition coefficient (Wildman–Crippen LogP) is 1.67. The Morgan fingerprint density at radius 2 is 2.06 bits per heavy atom. The molecular formula is C12H21NO2S. The maximum atomic E-state index is 11.7. The Labute approximate surface area is 102 Å². The van der Waals surface area contributed by atoms with Gasteiger partial charge in [0, 0.05) is 0 Å². The maximum Gasteiger partial charge on any atom is 0.325 e. The molecule has 3 nitrogen and oxygen atoms in total. The van der Waals surface area contributed by atoms with Gasteiger partial charge in [-0.25, -0.2) is 0 Å². The first-order valence-corrected chi connectivity index (χ1v) is 7.22. The van der Waals surface area contributed by atoms with Gasteiger partial charge < -0.3 is 10.1 Å². The van der Waals surface area contributed by atoms with Gasteiger partial charge in [-0.2, -0.15) is 11.8 Å². The number of nitrogens with one attached hydrogen (secondary N) is 1. The lowest BCUT2D eigenvalue weighted by Gasteiger charge is -2.27. The minimum atomic E-state index is -0.440. The van der Waals surface area contributed by atoms with Crippen LogP contribution in [0.5, 0.6) is 0 Å². The van der Waals surface area contributed by atoms with E-state index in [1.54, 1.807) is 0 Å². The van der Waals surface area contributed by atoms with Crippen molar-refractivity contribution in [1.29, 1.82) is 0 Å². The van der Waals surface area contributed by atoms with E-state index in [0.29, 0.717) is 5.92 Å². The van der Waals surface area contributed by atoms with Crippen LogP contribution in [0.3, 0.4) is 0 Å². The summed E-state index contributed by atoms with van der Waals surface area (Å²) in [7, 11) is 1.47. The van der Waals surface area contributed by atoms with Crippen LogP contribution in [-0.4, -0.2) is 36.7 Å². The standard InChI is InChI=1S/C12H21NO2S/c1-12(11(14)15-2)7-10(8-13-12)9-3-5-16-6-4-9/h9-10,13H,3-8H2,1-2H3. The van der Waals surface area contributed by atoms with Gasteiger partial charge in [-0.1, -0.05) is 0 Å². The SMILES string of the molecule is COC(=O)C1(C)CC(C2CCSCC2)CN1. The predicted molar refractivity (Wildman–Crippen MR) is 66.6 cm³/mol. The molecule has 2 rings (SSSR count). The number of carbonyl (C=O) groups excluding carboxylic acids is 1. The third-order valence-corrected chi connectivity index (χ3v) is 5.04. The van der Waals surface area contributed by atoms with Crippen LogP contribution < -0.4 is 5.32 Å². The smallest absolute Gasteiger partial charge is 0.325 e. The quantitative estimate of drug-likeness (QED) is 0.749. The number of methoxy groups -OCH3 is 1. The second-order valence-electron chi connectivity index (χ2n) is 5.12. The van der Waals surface area contributed by atoms with Crippen LogP contribution >= 0.6 is 11.8 Å². The van der Waals surface area contributed by atoms with E-state index in [9.17, 15) is 4.79 Å². The largest absolute Gasteiger partial charge is 0.468 e. The Morgan fingerprint density at radius 1 is 1.38 bits per heavy atom. The van der Waals surface area contributed by atoms with Gasteiger partial charge in [-0.05, 0) is 56.1 Å². The Hall–Kier alpha value is -0.220. The molecule has 0 radical (unpaired) electrons. The monoisotopic (exact) mass is 243 g/mol. The number of rotatable bonds is 2. The summed E-state index contributed by atoms with van der Waals surface area (Å²) in [4.78, 5) is 11.7. The summed E-state index contributed by atoms with van der Waals surface area (Å²) in [6, 6.07) is 0. The van der Waals surface area contributed by atoms with Crippen molar-refractivity contribution < 1.29 is 9.53 Å². The average molecular weight is 243 g/mol. The number of esters is 1. The average Bonchev–Trinajstić information content (AvgIpc) is 2.73. The van der Waals surface area contributed by atoms with Crippen molar-refractivity contribution >= 4 is 17.7 Å². The van der Waals surface area contributed by atoms with E-state index < -0.39 is 5.54 Å². The second-order valence-corrected chi connectivity index (χ2v) is 6.34. The Kier molecular flexibility index (Phi) is 3.80. The van der Waals surface area contributed by atoms with E-state index >= 15 is 0 Å². The second kappa shape index (κ2) is 4.96. The zero-order valence-corrected chi connectivity index (χ0v) is 10.9. The van der Waals surface area contributed by atoms with E-state index in [0.717, 1.165) is 18.9 Å². The van der Waals surface area contributed by atoms with Gasteiger partial charge in [0.2, 0.25) is 0 Å². The Balaban J connectivity index is 1.93. The van der Waals surface area contributed by atoms with Crippen molar-refractivity contribution in [2.75, 3.05) is 25.2 Å². The topological polar surface area (TPSA) is 38.3 Å². The van der Waals surface area contributed by atoms with Crippen LogP contribution in [0.1, 0.15) is 26.2 Å². The lowest BCUT2D eigenvalue weighted by atomic mass is 9.83. The third-order valence-electron chi connectivity index (χ3n) is 3.99. The molecule has 92 valence electrons. The number of hydrogen-bond donors (Lipinski definition) is 1. The molecule has 0 aliphatic carbocycles. The maximum absolute atomic E-state index is 11.7. The number of carbonyl (C=O) groups is 1. The molecule has 0 aromatic carbocycles. The zero-order valence-electron chi connectivity index (χ0n) is 10.1. The number of ether oxygens (including phenoxy) is 1. The summed E-state index contributed by atoms with van der Waals surface area (Å²) < 4.78 is 4.87. The van der Waals surface area contributed by atoms with Crippen LogP contribution in [0, 0.1) is 11.8 Å². The molecule has 2 aliphatic heterocycles. The summed E-state index contributed by atoms with van der Waals surface area (Å²) in [5.74, 6) is 3.93. The minimum Gasteiger partial charge on any atom is -0.468 e. The van der Waals surface area contributed by atoms with Gasteiger partial charge in [0.15, 0.2) is 0 Å². The van der Waals surface area contributed by atoms with Crippen molar-refractivity contribution in [1.82, 2.24) is 5.32 Å². The van der Waals surface area contributed by atoms with Gasteiger partial charge in [0.05, 0.1) is 7.11 Å². The Bertz CT molecular complexity index is 266. The summed E-state index contributed by atoms with van der Waals surface area (Å²) in [6.07, 6.45) is 3.57. The highest BCUT2D eigenvalue weighted by atomic mass is 32.2. The molecular weight excluding hydrogens is 222 g/mol. The highest BCUT2D eigenvalue weighted by Gasteiger charge is 2.44. The number of thioether (sulfide) groups is 1. The fraction of sp³-hybridized carbons (Fsp3) is 0.917. The van der Waals surface area contributed by atoms with Crippen molar-refractivity contribution in [3.63, 3.8) is 0 Å². The normalized spacial score (nSPS) is 36.2. The highest BCUT2D eigenvalue weighted by molar-refractivity contribution is 7.99. The molecule has 2 atom stereocenters. The van der Waals surface area contributed by atoms with Crippen molar-refractivity contribution in [3.8, 4) is 0 Å². The molecule has 2 unspecified atom stereocenters. The molecule has 4 heteroatoms. The summed E-state index contributed by atoms with van der Waals surface area (Å²) in [5, 5.41) is 3.35. The highest BCUT2D eigenvalue weighted by Crippen LogP contribution is 2.36. The molecule has 0 aromatic rings. The van der Waals surface area contributed by atoms with E-state index in [4.69, 9.17) is 4.74 Å². The first-order valence-electron chi connectivity index (χ1n) is 6.07. The van der Waals surface area contributed by atoms with Crippen LogP contribution in [0.2, 0.25) is 0 Å². The lowest BCUT2D eigenvalue weighted by Crippen LogP contribution is -2.45. The van der Waals surface area contributed by atoms with Gasteiger partial charge in [0.25, 0.3) is 0 Å². The van der Waals surface area contributed by atoms with Gasteiger partial charge in [-0.3, -0.25) is 4.79 Å². The first-order chi connectivity index (χ1) is 7.65. The molecule has 0 bridgehead atoms. The van der Waals surface area contributed by atoms with Gasteiger partial charge in [-0.15, -0.1) is 0 Å². The third kappa shape index (κ3) is 2.38. The molecule has 0 aromatic heterocycles.